The van der Waals surface area contributed by atoms with E-state index in [4.69, 9.17) is 17.3 Å². The Bertz CT molecular complexity index is 539. The highest BCUT2D eigenvalue weighted by atomic mass is 35.5. The van der Waals surface area contributed by atoms with Gasteiger partial charge in [0.05, 0.1) is 5.02 Å². The number of aromatic nitrogens is 2. The average molecular weight is 268 g/mol. The summed E-state index contributed by atoms with van der Waals surface area (Å²) in [7, 11) is 0. The lowest BCUT2D eigenvalue weighted by molar-refractivity contribution is 0.615. The smallest absolute Gasteiger partial charge is 0.141 e. The summed E-state index contributed by atoms with van der Waals surface area (Å²) in [4.78, 5) is 4.27. The lowest BCUT2D eigenvalue weighted by atomic mass is 10.0. The summed E-state index contributed by atoms with van der Waals surface area (Å²) in [6.45, 7) is 2.90. The molecular weight excluding hydrogens is 253 g/mol. The van der Waals surface area contributed by atoms with Crippen LogP contribution in [-0.2, 0) is 13.0 Å². The van der Waals surface area contributed by atoms with Crippen LogP contribution in [0.4, 0.5) is 4.39 Å². The van der Waals surface area contributed by atoms with Crippen molar-refractivity contribution >= 4 is 11.6 Å². The molecule has 1 aromatic carbocycles. The molecule has 0 aliphatic carbocycles. The maximum absolute atomic E-state index is 13.1. The Hall–Kier alpha value is -1.39. The molecule has 0 radical (unpaired) electrons. The molecule has 18 heavy (non-hydrogen) atoms. The maximum Gasteiger partial charge on any atom is 0.141 e. The van der Waals surface area contributed by atoms with Crippen LogP contribution in [0.25, 0.3) is 0 Å². The molecule has 0 saturated carbocycles. The first-order valence-electron chi connectivity index (χ1n) is 5.82. The molecule has 2 N–H and O–H groups in total. The second kappa shape index (κ2) is 5.50. The second-order valence-electron chi connectivity index (χ2n) is 4.11. The Kier molecular flexibility index (Phi) is 3.99. The van der Waals surface area contributed by atoms with Gasteiger partial charge in [0.15, 0.2) is 0 Å². The maximum atomic E-state index is 13.1. The van der Waals surface area contributed by atoms with E-state index in [0.29, 0.717) is 6.42 Å². The third kappa shape index (κ3) is 2.71. The summed E-state index contributed by atoms with van der Waals surface area (Å²) in [6, 6.07) is 4.33. The molecule has 0 spiro atoms. The molecule has 0 amide bonds. The highest BCUT2D eigenvalue weighted by Gasteiger charge is 2.12. The molecule has 1 atom stereocenters. The number of aryl methyl sites for hydroxylation is 1. The van der Waals surface area contributed by atoms with Gasteiger partial charge in [0.1, 0.15) is 11.6 Å². The first-order valence-corrected chi connectivity index (χ1v) is 6.20. The van der Waals surface area contributed by atoms with Crippen LogP contribution in [0, 0.1) is 5.82 Å². The molecule has 0 fully saturated rings. The normalized spacial score (nSPS) is 12.7. The fourth-order valence-electron chi connectivity index (χ4n) is 1.88. The largest absolute Gasteiger partial charge is 0.335 e. The predicted octanol–water partition coefficient (Wildman–Crippen LogP) is 2.94. The van der Waals surface area contributed by atoms with Gasteiger partial charge in [-0.3, -0.25) is 0 Å². The fourth-order valence-corrected chi connectivity index (χ4v) is 2.06. The van der Waals surface area contributed by atoms with Gasteiger partial charge in [-0.2, -0.15) is 0 Å². The first-order chi connectivity index (χ1) is 8.61. The van der Waals surface area contributed by atoms with E-state index in [2.05, 4.69) is 4.98 Å². The average Bonchev–Trinajstić information content (AvgIpc) is 2.79. The van der Waals surface area contributed by atoms with E-state index in [1.807, 2.05) is 17.7 Å². The van der Waals surface area contributed by atoms with Crippen LogP contribution in [0.1, 0.15) is 24.4 Å². The van der Waals surface area contributed by atoms with Crippen molar-refractivity contribution in [3.8, 4) is 0 Å². The van der Waals surface area contributed by atoms with Crippen molar-refractivity contribution in [1.82, 2.24) is 9.55 Å². The van der Waals surface area contributed by atoms with Crippen LogP contribution >= 0.6 is 11.6 Å². The third-order valence-corrected chi connectivity index (χ3v) is 3.21. The molecule has 2 rings (SSSR count). The predicted molar refractivity (Wildman–Crippen MR) is 69.9 cm³/mol. The van der Waals surface area contributed by atoms with Crippen molar-refractivity contribution in [3.05, 3.63) is 52.8 Å². The van der Waals surface area contributed by atoms with Gasteiger partial charge in [0.2, 0.25) is 0 Å². The molecular formula is C13H15ClFN3. The molecule has 3 nitrogen and oxygen atoms in total. The van der Waals surface area contributed by atoms with Crippen molar-refractivity contribution in [1.29, 1.82) is 0 Å². The molecule has 0 saturated heterocycles. The van der Waals surface area contributed by atoms with E-state index in [9.17, 15) is 4.39 Å². The SMILES string of the molecule is CCn1ccnc1CC(N)c1ccc(F)c(Cl)c1. The molecule has 1 unspecified atom stereocenters. The lowest BCUT2D eigenvalue weighted by Gasteiger charge is -2.13. The standard InChI is InChI=1S/C13H15ClFN3/c1-2-18-6-5-17-13(18)8-12(16)9-3-4-11(15)10(14)7-9/h3-7,12H,2,8,16H2,1H3. The van der Waals surface area contributed by atoms with E-state index in [0.717, 1.165) is 17.9 Å². The number of imidazole rings is 1. The van der Waals surface area contributed by atoms with Crippen LogP contribution in [0.3, 0.4) is 0 Å². The first kappa shape index (κ1) is 13.1. The Morgan fingerprint density at radius 3 is 2.94 bits per heavy atom. The molecule has 1 heterocycles. The van der Waals surface area contributed by atoms with Gasteiger partial charge < -0.3 is 10.3 Å². The van der Waals surface area contributed by atoms with Gasteiger partial charge in [-0.1, -0.05) is 17.7 Å². The summed E-state index contributed by atoms with van der Waals surface area (Å²) >= 11 is 5.75. The van der Waals surface area contributed by atoms with Gasteiger partial charge in [-0.05, 0) is 24.6 Å². The van der Waals surface area contributed by atoms with E-state index in [1.165, 1.54) is 6.07 Å². The van der Waals surface area contributed by atoms with Crippen LogP contribution in [0.15, 0.2) is 30.6 Å². The van der Waals surface area contributed by atoms with E-state index < -0.39 is 5.82 Å². The van der Waals surface area contributed by atoms with Gasteiger partial charge in [-0.15, -0.1) is 0 Å². The quantitative estimate of drug-likeness (QED) is 0.926. The lowest BCUT2D eigenvalue weighted by Crippen LogP contribution is -2.16. The van der Waals surface area contributed by atoms with Gasteiger partial charge in [0.25, 0.3) is 0 Å². The molecule has 5 heteroatoms. The number of nitrogens with two attached hydrogens (primary N) is 1. The summed E-state index contributed by atoms with van der Waals surface area (Å²) in [6.07, 6.45) is 4.27. The Morgan fingerprint density at radius 1 is 1.50 bits per heavy atom. The minimum absolute atomic E-state index is 0.0989. The van der Waals surface area contributed by atoms with Gasteiger partial charge >= 0.3 is 0 Å². The summed E-state index contributed by atoms with van der Waals surface area (Å²) < 4.78 is 15.1. The summed E-state index contributed by atoms with van der Waals surface area (Å²) in [5.41, 5.74) is 6.91. The minimum atomic E-state index is -0.428. The molecule has 2 aromatic rings. The second-order valence-corrected chi connectivity index (χ2v) is 4.52. The van der Waals surface area contributed by atoms with Crippen LogP contribution < -0.4 is 5.73 Å². The molecule has 0 aliphatic rings. The summed E-state index contributed by atoms with van der Waals surface area (Å²) in [5, 5.41) is 0.0989. The Morgan fingerprint density at radius 2 is 2.28 bits per heavy atom. The van der Waals surface area contributed by atoms with Gasteiger partial charge in [0, 0.05) is 31.4 Å². The zero-order valence-electron chi connectivity index (χ0n) is 10.1. The zero-order chi connectivity index (χ0) is 13.1. The van der Waals surface area contributed by atoms with E-state index in [-0.39, 0.29) is 11.1 Å². The minimum Gasteiger partial charge on any atom is -0.335 e. The van der Waals surface area contributed by atoms with Crippen molar-refractivity contribution in [3.63, 3.8) is 0 Å². The van der Waals surface area contributed by atoms with Crippen LogP contribution in [0.2, 0.25) is 5.02 Å². The van der Waals surface area contributed by atoms with Crippen molar-refractivity contribution in [2.75, 3.05) is 0 Å². The van der Waals surface area contributed by atoms with Crippen LogP contribution in [0.5, 0.6) is 0 Å². The third-order valence-electron chi connectivity index (χ3n) is 2.92. The highest BCUT2D eigenvalue weighted by molar-refractivity contribution is 6.30. The van der Waals surface area contributed by atoms with Crippen molar-refractivity contribution in [2.45, 2.75) is 25.9 Å². The van der Waals surface area contributed by atoms with Crippen LogP contribution in [-0.4, -0.2) is 9.55 Å². The van der Waals surface area contributed by atoms with Gasteiger partial charge in [-0.25, -0.2) is 9.37 Å². The molecule has 1 aromatic heterocycles. The van der Waals surface area contributed by atoms with E-state index >= 15 is 0 Å². The number of nitrogens with zero attached hydrogens (tertiary/aromatic N) is 2. The molecule has 96 valence electrons. The Balaban J connectivity index is 2.16. The van der Waals surface area contributed by atoms with Crippen molar-refractivity contribution < 1.29 is 4.39 Å². The number of hydrogen-bond acceptors (Lipinski definition) is 2. The number of benzene rings is 1. The van der Waals surface area contributed by atoms with Crippen molar-refractivity contribution in [2.24, 2.45) is 5.73 Å². The highest BCUT2D eigenvalue weighted by Crippen LogP contribution is 2.21. The Labute approximate surface area is 110 Å². The summed E-state index contributed by atoms with van der Waals surface area (Å²) in [5.74, 6) is 0.494. The zero-order valence-corrected chi connectivity index (χ0v) is 10.9. The molecule has 0 aliphatic heterocycles. The topological polar surface area (TPSA) is 43.8 Å². The van der Waals surface area contributed by atoms with E-state index in [1.54, 1.807) is 18.3 Å². The number of hydrogen-bond donors (Lipinski definition) is 1. The fraction of sp³-hybridized carbons (Fsp3) is 0.308. The number of rotatable bonds is 4. The molecule has 0 bridgehead atoms. The monoisotopic (exact) mass is 267 g/mol. The number of halogens is 2.